The third-order valence-corrected chi connectivity index (χ3v) is 4.88. The highest BCUT2D eigenvalue weighted by Gasteiger charge is 2.28. The molecule has 1 unspecified atom stereocenters. The van der Waals surface area contributed by atoms with Gasteiger partial charge in [0, 0.05) is 37.8 Å². The molecule has 5 nitrogen and oxygen atoms in total. The number of piperazine rings is 1. The predicted molar refractivity (Wildman–Crippen MR) is 110 cm³/mol. The zero-order chi connectivity index (χ0) is 18.5. The Bertz CT molecular complexity index is 792. The summed E-state index contributed by atoms with van der Waals surface area (Å²) in [6.45, 7) is 4.27. The second-order valence-corrected chi connectivity index (χ2v) is 6.47. The van der Waals surface area contributed by atoms with E-state index in [0.29, 0.717) is 17.7 Å². The number of amides is 2. The molecule has 6 heteroatoms. The van der Waals surface area contributed by atoms with E-state index >= 15 is 0 Å². The number of aryl methyl sites for hydroxylation is 1. The summed E-state index contributed by atoms with van der Waals surface area (Å²) in [6.07, 6.45) is 0.998. The van der Waals surface area contributed by atoms with Crippen LogP contribution in [0.2, 0.25) is 0 Å². The minimum Gasteiger partial charge on any atom is -0.355 e. The van der Waals surface area contributed by atoms with Crippen LogP contribution in [0.1, 0.15) is 44.8 Å². The van der Waals surface area contributed by atoms with Crippen molar-refractivity contribution in [3.05, 3.63) is 70.8 Å². The smallest absolute Gasteiger partial charge is 0.254 e. The van der Waals surface area contributed by atoms with E-state index in [9.17, 15) is 9.59 Å². The van der Waals surface area contributed by atoms with Crippen molar-refractivity contribution in [1.82, 2.24) is 15.5 Å². The number of nitrogens with zero attached hydrogens (tertiary/aromatic N) is 1. The van der Waals surface area contributed by atoms with E-state index in [0.717, 1.165) is 25.1 Å². The van der Waals surface area contributed by atoms with Gasteiger partial charge in [-0.05, 0) is 35.7 Å². The van der Waals surface area contributed by atoms with Gasteiger partial charge < -0.3 is 15.5 Å². The summed E-state index contributed by atoms with van der Waals surface area (Å²) in [7, 11) is 1.59. The number of hydrogen-bond acceptors (Lipinski definition) is 3. The Morgan fingerprint density at radius 2 is 1.85 bits per heavy atom. The van der Waals surface area contributed by atoms with Gasteiger partial charge in [0.25, 0.3) is 11.8 Å². The van der Waals surface area contributed by atoms with Crippen LogP contribution in [0.15, 0.2) is 48.5 Å². The fraction of sp³-hybridized carbons (Fsp3) is 0.333. The first-order valence-electron chi connectivity index (χ1n) is 9.06. The molecule has 1 heterocycles. The fourth-order valence-corrected chi connectivity index (χ4v) is 3.32. The van der Waals surface area contributed by atoms with Crippen LogP contribution in [0.4, 0.5) is 0 Å². The van der Waals surface area contributed by atoms with E-state index in [1.807, 2.05) is 4.90 Å². The summed E-state index contributed by atoms with van der Waals surface area (Å²) in [5.74, 6) is -0.228. The number of halogens is 1. The maximum Gasteiger partial charge on any atom is 0.254 e. The number of rotatable bonds is 4. The summed E-state index contributed by atoms with van der Waals surface area (Å²) >= 11 is 0. The van der Waals surface area contributed by atoms with Crippen LogP contribution in [0.5, 0.6) is 0 Å². The molecule has 27 heavy (non-hydrogen) atoms. The molecule has 0 radical (unpaired) electrons. The predicted octanol–water partition coefficient (Wildman–Crippen LogP) is 2.82. The minimum absolute atomic E-state index is 0. The van der Waals surface area contributed by atoms with Gasteiger partial charge in [-0.2, -0.15) is 0 Å². The zero-order valence-corrected chi connectivity index (χ0v) is 16.5. The summed E-state index contributed by atoms with van der Waals surface area (Å²) in [6, 6.07) is 15.4. The lowest BCUT2D eigenvalue weighted by Gasteiger charge is -2.36. The van der Waals surface area contributed by atoms with E-state index in [1.165, 1.54) is 5.56 Å². The van der Waals surface area contributed by atoms with Crippen LogP contribution < -0.4 is 10.6 Å². The number of nitrogens with one attached hydrogen (secondary N) is 2. The lowest BCUT2D eigenvalue weighted by atomic mass is 9.99. The van der Waals surface area contributed by atoms with E-state index < -0.39 is 0 Å². The minimum atomic E-state index is -0.188. The highest BCUT2D eigenvalue weighted by Crippen LogP contribution is 2.25. The molecule has 2 aromatic carbocycles. The van der Waals surface area contributed by atoms with Crippen LogP contribution in [-0.2, 0) is 6.42 Å². The van der Waals surface area contributed by atoms with Crippen LogP contribution in [-0.4, -0.2) is 43.4 Å². The molecule has 1 atom stereocenters. The maximum atomic E-state index is 13.1. The third-order valence-electron chi connectivity index (χ3n) is 4.88. The molecule has 3 rings (SSSR count). The SMILES string of the molecule is CCc1ccc(C2CNCCN2C(=O)c2cccc(C(=O)NC)c2)cc1.Cl. The molecule has 2 aromatic rings. The topological polar surface area (TPSA) is 61.4 Å². The average molecular weight is 388 g/mol. The Labute approximate surface area is 166 Å². The first kappa shape index (κ1) is 20.9. The third kappa shape index (κ3) is 4.67. The molecule has 1 aliphatic heterocycles. The summed E-state index contributed by atoms with van der Waals surface area (Å²) < 4.78 is 0. The van der Waals surface area contributed by atoms with Gasteiger partial charge in [0.1, 0.15) is 0 Å². The van der Waals surface area contributed by atoms with Crippen LogP contribution in [0.3, 0.4) is 0 Å². The molecular weight excluding hydrogens is 362 g/mol. The van der Waals surface area contributed by atoms with Crippen molar-refractivity contribution >= 4 is 24.2 Å². The highest BCUT2D eigenvalue weighted by atomic mass is 35.5. The van der Waals surface area contributed by atoms with Gasteiger partial charge in [0.2, 0.25) is 0 Å². The van der Waals surface area contributed by atoms with Gasteiger partial charge in [-0.1, -0.05) is 37.3 Å². The van der Waals surface area contributed by atoms with Crippen LogP contribution in [0, 0.1) is 0 Å². The summed E-state index contributed by atoms with van der Waals surface area (Å²) in [5.41, 5.74) is 3.46. The molecule has 0 aliphatic carbocycles. The average Bonchev–Trinajstić information content (AvgIpc) is 2.72. The van der Waals surface area contributed by atoms with Gasteiger partial charge >= 0.3 is 0 Å². The summed E-state index contributed by atoms with van der Waals surface area (Å²) in [4.78, 5) is 26.9. The number of carbonyl (C=O) groups excluding carboxylic acids is 2. The van der Waals surface area contributed by atoms with Gasteiger partial charge in [-0.15, -0.1) is 12.4 Å². The quantitative estimate of drug-likeness (QED) is 0.848. The molecule has 0 spiro atoms. The monoisotopic (exact) mass is 387 g/mol. The van der Waals surface area contributed by atoms with Crippen molar-refractivity contribution < 1.29 is 9.59 Å². The van der Waals surface area contributed by atoms with Crippen molar-refractivity contribution in [3.63, 3.8) is 0 Å². The van der Waals surface area contributed by atoms with Crippen molar-refractivity contribution in [2.75, 3.05) is 26.7 Å². The largest absolute Gasteiger partial charge is 0.355 e. The molecule has 1 fully saturated rings. The Balaban J connectivity index is 0.00000261. The molecule has 1 saturated heterocycles. The Morgan fingerprint density at radius 3 is 2.52 bits per heavy atom. The van der Waals surface area contributed by atoms with E-state index in [4.69, 9.17) is 0 Å². The molecule has 144 valence electrons. The first-order valence-corrected chi connectivity index (χ1v) is 9.06. The van der Waals surface area contributed by atoms with Crippen molar-refractivity contribution in [2.45, 2.75) is 19.4 Å². The first-order chi connectivity index (χ1) is 12.6. The Morgan fingerprint density at radius 1 is 1.15 bits per heavy atom. The molecule has 1 aliphatic rings. The second kappa shape index (κ2) is 9.53. The molecule has 0 aromatic heterocycles. The fourth-order valence-electron chi connectivity index (χ4n) is 3.32. The van der Waals surface area contributed by atoms with Crippen molar-refractivity contribution in [3.8, 4) is 0 Å². The number of hydrogen-bond donors (Lipinski definition) is 2. The Hall–Kier alpha value is -2.37. The molecule has 0 saturated carbocycles. The van der Waals surface area contributed by atoms with Crippen LogP contribution in [0.25, 0.3) is 0 Å². The number of carbonyl (C=O) groups is 2. The lowest BCUT2D eigenvalue weighted by Crippen LogP contribution is -2.48. The van der Waals surface area contributed by atoms with E-state index in [-0.39, 0.29) is 30.3 Å². The van der Waals surface area contributed by atoms with E-state index in [2.05, 4.69) is 41.8 Å². The second-order valence-electron chi connectivity index (χ2n) is 6.47. The van der Waals surface area contributed by atoms with Crippen molar-refractivity contribution in [1.29, 1.82) is 0 Å². The highest BCUT2D eigenvalue weighted by molar-refractivity contribution is 5.99. The van der Waals surface area contributed by atoms with Gasteiger partial charge in [0.05, 0.1) is 6.04 Å². The van der Waals surface area contributed by atoms with Gasteiger partial charge in [0.15, 0.2) is 0 Å². The summed E-state index contributed by atoms with van der Waals surface area (Å²) in [5, 5.41) is 5.98. The lowest BCUT2D eigenvalue weighted by molar-refractivity contribution is 0.0634. The standard InChI is InChI=1S/C21H25N3O2.ClH/c1-3-15-7-9-16(10-8-15)19-14-23-11-12-24(19)21(26)18-6-4-5-17(13-18)20(25)22-2;/h4-10,13,19,23H,3,11-12,14H2,1-2H3,(H,22,25);1H. The Kier molecular flexibility index (Phi) is 7.39. The molecular formula is C21H26ClN3O2. The zero-order valence-electron chi connectivity index (χ0n) is 15.7. The van der Waals surface area contributed by atoms with Gasteiger partial charge in [-0.3, -0.25) is 9.59 Å². The molecule has 0 bridgehead atoms. The van der Waals surface area contributed by atoms with Gasteiger partial charge in [-0.25, -0.2) is 0 Å². The van der Waals surface area contributed by atoms with E-state index in [1.54, 1.807) is 31.3 Å². The molecule has 2 amide bonds. The van der Waals surface area contributed by atoms with Crippen LogP contribution >= 0.6 is 12.4 Å². The molecule has 2 N–H and O–H groups in total. The number of benzene rings is 2. The maximum absolute atomic E-state index is 13.1. The van der Waals surface area contributed by atoms with Crippen molar-refractivity contribution in [2.24, 2.45) is 0 Å². The normalized spacial score (nSPS) is 16.4.